The third-order valence-electron chi connectivity index (χ3n) is 6.30. The molecule has 7 nitrogen and oxygen atoms in total. The van der Waals surface area contributed by atoms with Crippen molar-refractivity contribution in [3.63, 3.8) is 0 Å². The summed E-state index contributed by atoms with van der Waals surface area (Å²) in [4.78, 5) is 37.9. The fourth-order valence-corrected chi connectivity index (χ4v) is 4.85. The van der Waals surface area contributed by atoms with E-state index < -0.39 is 23.8 Å². The lowest BCUT2D eigenvalue weighted by molar-refractivity contribution is -0.137. The maximum Gasteiger partial charge on any atom is 0.336 e. The normalized spacial score (nSPS) is 21.7. The van der Waals surface area contributed by atoms with Gasteiger partial charge < -0.3 is 19.5 Å². The van der Waals surface area contributed by atoms with Gasteiger partial charge in [-0.3, -0.25) is 9.59 Å². The molecule has 0 spiro atoms. The number of carbonyl (C=O) groups is 3. The number of fused-ring (bicyclic) bond motifs is 1. The van der Waals surface area contributed by atoms with E-state index in [0.29, 0.717) is 29.0 Å². The average molecular weight is 462 g/mol. The lowest BCUT2D eigenvalue weighted by atomic mass is 9.68. The molecule has 0 amide bonds. The number of esters is 2. The quantitative estimate of drug-likeness (QED) is 0.531. The minimum absolute atomic E-state index is 0.0285. The van der Waals surface area contributed by atoms with Gasteiger partial charge in [0.2, 0.25) is 0 Å². The van der Waals surface area contributed by atoms with Crippen LogP contribution in [-0.2, 0) is 19.1 Å². The molecule has 0 saturated heterocycles. The van der Waals surface area contributed by atoms with Gasteiger partial charge in [-0.05, 0) is 30.2 Å². The third-order valence-corrected chi connectivity index (χ3v) is 6.30. The minimum Gasteiger partial charge on any atom is -0.493 e. The van der Waals surface area contributed by atoms with Crippen molar-refractivity contribution >= 4 is 17.7 Å². The van der Waals surface area contributed by atoms with Crippen LogP contribution in [0.3, 0.4) is 0 Å². The number of carbonyl (C=O) groups excluding carboxylic acids is 3. The molecule has 0 radical (unpaired) electrons. The van der Waals surface area contributed by atoms with Crippen molar-refractivity contribution in [3.8, 4) is 11.5 Å². The molecule has 2 aromatic carbocycles. The summed E-state index contributed by atoms with van der Waals surface area (Å²) in [7, 11) is 2.79. The van der Waals surface area contributed by atoms with E-state index in [1.807, 2.05) is 30.3 Å². The molecule has 3 unspecified atom stereocenters. The van der Waals surface area contributed by atoms with E-state index in [1.165, 1.54) is 21.1 Å². The summed E-state index contributed by atoms with van der Waals surface area (Å²) in [6, 6.07) is 15.0. The number of allylic oxidation sites excluding steroid dienone is 3. The number of Topliss-reactive ketones (excluding diaryl/α,β-unsaturated/α-hetero) is 1. The van der Waals surface area contributed by atoms with Crippen molar-refractivity contribution < 1.29 is 28.6 Å². The lowest BCUT2D eigenvalue weighted by Gasteiger charge is -2.39. The van der Waals surface area contributed by atoms with Crippen LogP contribution in [0.15, 0.2) is 71.6 Å². The second-order valence-electron chi connectivity index (χ2n) is 8.42. The number of hydrogen-bond acceptors (Lipinski definition) is 7. The van der Waals surface area contributed by atoms with Crippen LogP contribution < -0.4 is 14.8 Å². The number of methoxy groups -OCH3 is 2. The number of nitrogens with one attached hydrogen (secondary N) is 1. The molecule has 4 rings (SSSR count). The van der Waals surface area contributed by atoms with E-state index in [9.17, 15) is 14.4 Å². The van der Waals surface area contributed by atoms with Gasteiger partial charge >= 0.3 is 11.9 Å². The van der Waals surface area contributed by atoms with Crippen LogP contribution in [0.4, 0.5) is 0 Å². The Labute approximate surface area is 198 Å². The fourth-order valence-electron chi connectivity index (χ4n) is 4.85. The number of ketones is 1. The molecule has 1 heterocycles. The fraction of sp³-hybridized carbons (Fsp3) is 0.296. The van der Waals surface area contributed by atoms with Crippen LogP contribution in [0.25, 0.3) is 0 Å². The number of rotatable bonds is 5. The molecule has 2 aromatic rings. The Kier molecular flexibility index (Phi) is 6.54. The van der Waals surface area contributed by atoms with Crippen molar-refractivity contribution in [2.45, 2.75) is 32.1 Å². The largest absolute Gasteiger partial charge is 0.493 e. The first-order valence-electron chi connectivity index (χ1n) is 11.1. The average Bonchev–Trinajstić information content (AvgIpc) is 2.83. The first-order valence-corrected chi connectivity index (χ1v) is 11.1. The highest BCUT2D eigenvalue weighted by molar-refractivity contribution is 5.96. The zero-order chi connectivity index (χ0) is 24.4. The molecule has 1 aliphatic carbocycles. The van der Waals surface area contributed by atoms with Gasteiger partial charge in [0.1, 0.15) is 5.78 Å². The minimum atomic E-state index is -0.581. The molecular weight excluding hydrogens is 434 g/mol. The van der Waals surface area contributed by atoms with E-state index in [2.05, 4.69) is 11.4 Å². The highest BCUT2D eigenvalue weighted by Gasteiger charge is 2.45. The van der Waals surface area contributed by atoms with Gasteiger partial charge in [-0.2, -0.15) is 0 Å². The van der Waals surface area contributed by atoms with Crippen molar-refractivity contribution in [2.24, 2.45) is 5.92 Å². The van der Waals surface area contributed by atoms with Crippen LogP contribution in [-0.4, -0.2) is 31.9 Å². The van der Waals surface area contributed by atoms with E-state index >= 15 is 0 Å². The Morgan fingerprint density at radius 3 is 2.35 bits per heavy atom. The molecule has 0 aromatic heterocycles. The van der Waals surface area contributed by atoms with Crippen LogP contribution in [0.2, 0.25) is 0 Å². The maximum atomic E-state index is 13.6. The lowest BCUT2D eigenvalue weighted by Crippen LogP contribution is -2.41. The second-order valence-corrected chi connectivity index (χ2v) is 8.42. The zero-order valence-electron chi connectivity index (χ0n) is 19.6. The molecule has 0 saturated carbocycles. The molecule has 7 heteroatoms. The first kappa shape index (κ1) is 23.3. The molecule has 0 fully saturated rings. The molecule has 1 N–H and O–H groups in total. The van der Waals surface area contributed by atoms with E-state index in [4.69, 9.17) is 14.2 Å². The van der Waals surface area contributed by atoms with Gasteiger partial charge in [-0.25, -0.2) is 4.79 Å². The SMILES string of the molecule is COC(=O)C1=C(C)NC2=CC(c3ccccc3)CC(=O)C2C1c1ccc(OC(C)=O)c(OC)c1. The molecule has 176 valence electrons. The van der Waals surface area contributed by atoms with Gasteiger partial charge in [0.05, 0.1) is 25.7 Å². The van der Waals surface area contributed by atoms with Crippen molar-refractivity contribution in [1.29, 1.82) is 0 Å². The summed E-state index contributed by atoms with van der Waals surface area (Å²) in [6.07, 6.45) is 2.41. The molecule has 0 bridgehead atoms. The molecule has 3 atom stereocenters. The highest BCUT2D eigenvalue weighted by Crippen LogP contribution is 2.47. The van der Waals surface area contributed by atoms with Crippen molar-refractivity contribution in [2.75, 3.05) is 14.2 Å². The maximum absolute atomic E-state index is 13.6. The summed E-state index contributed by atoms with van der Waals surface area (Å²) >= 11 is 0. The number of benzene rings is 2. The van der Waals surface area contributed by atoms with E-state index in [1.54, 1.807) is 25.1 Å². The summed E-state index contributed by atoms with van der Waals surface area (Å²) in [5.41, 5.74) is 3.54. The summed E-state index contributed by atoms with van der Waals surface area (Å²) < 4.78 is 15.7. The predicted molar refractivity (Wildman–Crippen MR) is 125 cm³/mol. The Morgan fingerprint density at radius 1 is 0.971 bits per heavy atom. The summed E-state index contributed by atoms with van der Waals surface area (Å²) in [5.74, 6) is -1.56. The van der Waals surface area contributed by atoms with Gasteiger partial charge in [-0.1, -0.05) is 42.5 Å². The highest BCUT2D eigenvalue weighted by atomic mass is 16.6. The van der Waals surface area contributed by atoms with E-state index in [0.717, 1.165) is 11.3 Å². The van der Waals surface area contributed by atoms with Gasteiger partial charge in [0.25, 0.3) is 0 Å². The van der Waals surface area contributed by atoms with Gasteiger partial charge in [0, 0.05) is 36.6 Å². The van der Waals surface area contributed by atoms with Gasteiger partial charge in [0.15, 0.2) is 11.5 Å². The van der Waals surface area contributed by atoms with Crippen LogP contribution in [0.5, 0.6) is 11.5 Å². The summed E-state index contributed by atoms with van der Waals surface area (Å²) in [5, 5.41) is 3.30. The molecule has 1 aliphatic heterocycles. The Hall–Kier alpha value is -3.87. The predicted octanol–water partition coefficient (Wildman–Crippen LogP) is 4.01. The molecular formula is C27H27NO6. The smallest absolute Gasteiger partial charge is 0.336 e. The van der Waals surface area contributed by atoms with Crippen molar-refractivity contribution in [3.05, 3.63) is 82.7 Å². The first-order chi connectivity index (χ1) is 16.3. The summed E-state index contributed by atoms with van der Waals surface area (Å²) in [6.45, 7) is 3.11. The standard InChI is InChI=1S/C27H27NO6/c1-15-24(27(31)33-4)25(18-10-11-22(34-16(2)29)23(14-18)32-3)26-20(28-15)12-19(13-21(26)30)17-8-6-5-7-9-17/h5-12,14,19,25-26,28H,13H2,1-4H3. The monoisotopic (exact) mass is 461 g/mol. The van der Waals surface area contributed by atoms with Gasteiger partial charge in [-0.15, -0.1) is 0 Å². The number of ether oxygens (including phenoxy) is 3. The molecule has 34 heavy (non-hydrogen) atoms. The van der Waals surface area contributed by atoms with Crippen LogP contribution >= 0.6 is 0 Å². The Balaban J connectivity index is 1.84. The topological polar surface area (TPSA) is 90.9 Å². The number of hydrogen-bond donors (Lipinski definition) is 1. The third kappa shape index (κ3) is 4.33. The van der Waals surface area contributed by atoms with Crippen molar-refractivity contribution in [1.82, 2.24) is 5.32 Å². The zero-order valence-corrected chi connectivity index (χ0v) is 19.6. The Morgan fingerprint density at radius 2 is 1.71 bits per heavy atom. The van der Waals surface area contributed by atoms with E-state index in [-0.39, 0.29) is 17.5 Å². The van der Waals surface area contributed by atoms with Crippen LogP contribution in [0, 0.1) is 5.92 Å². The molecule has 2 aliphatic rings. The second kappa shape index (κ2) is 9.55. The Bertz CT molecular complexity index is 1200. The van der Waals surface area contributed by atoms with Crippen LogP contribution in [0.1, 0.15) is 43.2 Å².